The molecule has 0 fully saturated rings. The van der Waals surface area contributed by atoms with Gasteiger partial charge in [0.05, 0.1) is 11.0 Å². The summed E-state index contributed by atoms with van der Waals surface area (Å²) < 4.78 is 0. The summed E-state index contributed by atoms with van der Waals surface area (Å²) in [6.07, 6.45) is 0. The minimum atomic E-state index is 0.271. The first-order valence-electron chi connectivity index (χ1n) is 4.96. The molecule has 0 aliphatic rings. The Bertz CT molecular complexity index is 419. The van der Waals surface area contributed by atoms with E-state index < -0.39 is 0 Å². The van der Waals surface area contributed by atoms with Crippen LogP contribution in [0.4, 0.5) is 5.95 Å². The van der Waals surface area contributed by atoms with Gasteiger partial charge in [0.25, 0.3) is 0 Å². The van der Waals surface area contributed by atoms with Crippen molar-refractivity contribution < 1.29 is 0 Å². The fraction of sp³-hybridized carbons (Fsp3) is 0.364. The first kappa shape index (κ1) is 10.3. The molecule has 0 saturated carbocycles. The van der Waals surface area contributed by atoms with E-state index in [1.54, 1.807) is 0 Å². The summed E-state index contributed by atoms with van der Waals surface area (Å²) >= 11 is 5.81. The Labute approximate surface area is 94.1 Å². The molecule has 2 rings (SSSR count). The number of hydrogen-bond donors (Lipinski definition) is 1. The van der Waals surface area contributed by atoms with E-state index in [9.17, 15) is 0 Å². The second-order valence-corrected chi connectivity index (χ2v) is 4.00. The van der Waals surface area contributed by atoms with Gasteiger partial charge in [-0.1, -0.05) is 12.1 Å². The van der Waals surface area contributed by atoms with Crippen LogP contribution in [0.5, 0.6) is 0 Å². The number of imidazole rings is 1. The Morgan fingerprint density at radius 1 is 1.47 bits per heavy atom. The molecule has 0 amide bonds. The van der Waals surface area contributed by atoms with Crippen molar-refractivity contribution in [2.24, 2.45) is 0 Å². The zero-order valence-corrected chi connectivity index (χ0v) is 9.62. The fourth-order valence-electron chi connectivity index (χ4n) is 1.42. The summed E-state index contributed by atoms with van der Waals surface area (Å²) in [7, 11) is 1.99. The molecular formula is C11H14ClN3. The van der Waals surface area contributed by atoms with Crippen LogP contribution < -0.4 is 4.90 Å². The van der Waals surface area contributed by atoms with Gasteiger partial charge in [-0.15, -0.1) is 11.6 Å². The Hall–Kier alpha value is -1.22. The Morgan fingerprint density at radius 2 is 2.20 bits per heavy atom. The fourth-order valence-corrected chi connectivity index (χ4v) is 1.63. The van der Waals surface area contributed by atoms with Crippen molar-refractivity contribution in [3.05, 3.63) is 24.3 Å². The van der Waals surface area contributed by atoms with E-state index in [2.05, 4.69) is 16.9 Å². The van der Waals surface area contributed by atoms with Crippen molar-refractivity contribution in [2.75, 3.05) is 17.8 Å². The zero-order valence-electron chi connectivity index (χ0n) is 8.87. The second-order valence-electron chi connectivity index (χ2n) is 3.69. The summed E-state index contributed by atoms with van der Waals surface area (Å²) in [5, 5.41) is 0. The third-order valence-corrected chi connectivity index (χ3v) is 3.04. The molecule has 0 spiro atoms. The van der Waals surface area contributed by atoms with Gasteiger partial charge in [0.1, 0.15) is 0 Å². The molecule has 2 aromatic rings. The Morgan fingerprint density at radius 3 is 2.87 bits per heavy atom. The number of anilines is 1. The Kier molecular flexibility index (Phi) is 2.82. The molecule has 3 nitrogen and oxygen atoms in total. The molecule has 15 heavy (non-hydrogen) atoms. The van der Waals surface area contributed by atoms with Gasteiger partial charge >= 0.3 is 0 Å². The van der Waals surface area contributed by atoms with E-state index >= 15 is 0 Å². The van der Waals surface area contributed by atoms with Crippen molar-refractivity contribution in [1.29, 1.82) is 0 Å². The molecule has 0 saturated heterocycles. The number of halogens is 1. The summed E-state index contributed by atoms with van der Waals surface area (Å²) in [5.41, 5.74) is 2.04. The van der Waals surface area contributed by atoms with Crippen molar-refractivity contribution in [1.82, 2.24) is 9.97 Å². The average molecular weight is 224 g/mol. The van der Waals surface area contributed by atoms with Gasteiger partial charge in [-0.25, -0.2) is 4.98 Å². The molecule has 1 heterocycles. The minimum Gasteiger partial charge on any atom is -0.342 e. The van der Waals surface area contributed by atoms with Gasteiger partial charge in [0.15, 0.2) is 0 Å². The largest absolute Gasteiger partial charge is 0.342 e. The number of para-hydroxylation sites is 2. The number of aromatic nitrogens is 2. The summed E-state index contributed by atoms with van der Waals surface area (Å²) in [6, 6.07) is 8.26. The van der Waals surface area contributed by atoms with Gasteiger partial charge in [0.2, 0.25) is 5.95 Å². The molecule has 0 aliphatic carbocycles. The van der Waals surface area contributed by atoms with Crippen molar-refractivity contribution >= 4 is 28.6 Å². The minimum absolute atomic E-state index is 0.271. The highest BCUT2D eigenvalue weighted by Gasteiger charge is 2.12. The average Bonchev–Trinajstić information content (AvgIpc) is 2.70. The van der Waals surface area contributed by atoms with E-state index in [1.807, 2.05) is 36.2 Å². The summed E-state index contributed by atoms with van der Waals surface area (Å²) in [4.78, 5) is 9.81. The topological polar surface area (TPSA) is 31.9 Å². The number of aromatic amines is 1. The highest BCUT2D eigenvalue weighted by molar-refractivity contribution is 6.18. The van der Waals surface area contributed by atoms with Crippen molar-refractivity contribution in [3.63, 3.8) is 0 Å². The van der Waals surface area contributed by atoms with Crippen LogP contribution in [-0.4, -0.2) is 28.9 Å². The van der Waals surface area contributed by atoms with Crippen LogP contribution in [0.1, 0.15) is 6.92 Å². The SMILES string of the molecule is CC(CCl)N(C)c1nc2ccccc2[nH]1. The second kappa shape index (κ2) is 4.11. The lowest BCUT2D eigenvalue weighted by Crippen LogP contribution is -2.30. The van der Waals surface area contributed by atoms with E-state index in [0.29, 0.717) is 5.88 Å². The standard InChI is InChI=1S/C11H14ClN3/c1-8(7-12)15(2)11-13-9-5-3-4-6-10(9)14-11/h3-6,8H,7H2,1-2H3,(H,13,14). The molecule has 1 aromatic carbocycles. The number of hydrogen-bond acceptors (Lipinski definition) is 2. The highest BCUT2D eigenvalue weighted by Crippen LogP contribution is 2.17. The van der Waals surface area contributed by atoms with E-state index in [-0.39, 0.29) is 6.04 Å². The summed E-state index contributed by atoms with van der Waals surface area (Å²) in [6.45, 7) is 2.07. The monoisotopic (exact) mass is 223 g/mol. The van der Waals surface area contributed by atoms with Gasteiger partial charge < -0.3 is 9.88 Å². The molecule has 1 N–H and O–H groups in total. The van der Waals surface area contributed by atoms with E-state index in [0.717, 1.165) is 17.0 Å². The number of rotatable bonds is 3. The Balaban J connectivity index is 2.36. The third-order valence-electron chi connectivity index (χ3n) is 2.60. The van der Waals surface area contributed by atoms with Gasteiger partial charge in [-0.05, 0) is 19.1 Å². The lowest BCUT2D eigenvalue weighted by atomic mass is 10.3. The maximum atomic E-state index is 5.81. The zero-order chi connectivity index (χ0) is 10.8. The smallest absolute Gasteiger partial charge is 0.203 e. The van der Waals surface area contributed by atoms with Crippen LogP contribution in [0.3, 0.4) is 0 Å². The van der Waals surface area contributed by atoms with E-state index in [1.165, 1.54) is 0 Å². The number of nitrogens with zero attached hydrogens (tertiary/aromatic N) is 2. The first-order chi connectivity index (χ1) is 7.22. The van der Waals surface area contributed by atoms with Gasteiger partial charge in [-0.3, -0.25) is 0 Å². The maximum absolute atomic E-state index is 5.81. The lowest BCUT2D eigenvalue weighted by Gasteiger charge is -2.21. The highest BCUT2D eigenvalue weighted by atomic mass is 35.5. The number of alkyl halides is 1. The van der Waals surface area contributed by atoms with Gasteiger partial charge in [-0.2, -0.15) is 0 Å². The predicted octanol–water partition coefficient (Wildman–Crippen LogP) is 2.63. The van der Waals surface area contributed by atoms with Crippen LogP contribution in [0, 0.1) is 0 Å². The molecular weight excluding hydrogens is 210 g/mol. The van der Waals surface area contributed by atoms with Crippen molar-refractivity contribution in [3.8, 4) is 0 Å². The molecule has 1 unspecified atom stereocenters. The molecule has 4 heteroatoms. The van der Waals surface area contributed by atoms with Crippen LogP contribution in [0.2, 0.25) is 0 Å². The van der Waals surface area contributed by atoms with Crippen molar-refractivity contribution in [2.45, 2.75) is 13.0 Å². The number of benzene rings is 1. The maximum Gasteiger partial charge on any atom is 0.203 e. The predicted molar refractivity (Wildman–Crippen MR) is 64.7 cm³/mol. The normalized spacial score (nSPS) is 13.0. The number of H-pyrrole nitrogens is 1. The summed E-state index contributed by atoms with van der Waals surface area (Å²) in [5.74, 6) is 1.46. The van der Waals surface area contributed by atoms with E-state index in [4.69, 9.17) is 11.6 Å². The molecule has 1 atom stereocenters. The van der Waals surface area contributed by atoms with Crippen LogP contribution >= 0.6 is 11.6 Å². The molecule has 1 aromatic heterocycles. The molecule has 0 radical (unpaired) electrons. The number of fused-ring (bicyclic) bond motifs is 1. The molecule has 0 aliphatic heterocycles. The first-order valence-corrected chi connectivity index (χ1v) is 5.49. The number of nitrogens with one attached hydrogen (secondary N) is 1. The van der Waals surface area contributed by atoms with Crippen LogP contribution in [-0.2, 0) is 0 Å². The third kappa shape index (κ3) is 1.92. The molecule has 0 bridgehead atoms. The molecule has 80 valence electrons. The van der Waals surface area contributed by atoms with Crippen LogP contribution in [0.15, 0.2) is 24.3 Å². The van der Waals surface area contributed by atoms with Gasteiger partial charge in [0, 0.05) is 19.0 Å². The van der Waals surface area contributed by atoms with Crippen LogP contribution in [0.25, 0.3) is 11.0 Å². The quantitative estimate of drug-likeness (QED) is 0.812. The lowest BCUT2D eigenvalue weighted by molar-refractivity contribution is 0.742.